The van der Waals surface area contributed by atoms with Crippen molar-refractivity contribution in [1.29, 1.82) is 0 Å². The summed E-state index contributed by atoms with van der Waals surface area (Å²) in [6.45, 7) is 11.6. The van der Waals surface area contributed by atoms with Gasteiger partial charge in [0.2, 0.25) is 0 Å². The maximum atomic E-state index is 12.3. The fourth-order valence-corrected chi connectivity index (χ4v) is 2.74. The van der Waals surface area contributed by atoms with Crippen LogP contribution in [0.5, 0.6) is 0 Å². The molecule has 0 radical (unpaired) electrons. The molecule has 2 heteroatoms. The fraction of sp³-hybridized carbons (Fsp3) is 0.947. The fourth-order valence-electron chi connectivity index (χ4n) is 2.74. The number of hydrogen-bond acceptors (Lipinski definition) is 2. The number of carbonyl (C=O) groups excluding carboxylic acids is 1. The first-order valence-corrected chi connectivity index (χ1v) is 9.19. The topological polar surface area (TPSA) is 26.3 Å². The van der Waals surface area contributed by atoms with Crippen LogP contribution in [0, 0.1) is 17.8 Å². The Balaban J connectivity index is 4.06. The highest BCUT2D eigenvalue weighted by atomic mass is 16.5. The second-order valence-corrected chi connectivity index (χ2v) is 6.92. The summed E-state index contributed by atoms with van der Waals surface area (Å²) in [6, 6.07) is 0. The van der Waals surface area contributed by atoms with Crippen LogP contribution in [0.25, 0.3) is 0 Å². The van der Waals surface area contributed by atoms with Gasteiger partial charge in [0.25, 0.3) is 0 Å². The number of carbonyl (C=O) groups is 1. The molecule has 0 aromatic heterocycles. The quantitative estimate of drug-likeness (QED) is 0.308. The Kier molecular flexibility index (Phi) is 12.8. The third-order valence-corrected chi connectivity index (χ3v) is 4.31. The molecule has 2 atom stereocenters. The highest BCUT2D eigenvalue weighted by Gasteiger charge is 2.25. The van der Waals surface area contributed by atoms with Crippen LogP contribution >= 0.6 is 0 Å². The molecule has 21 heavy (non-hydrogen) atoms. The Bertz CT molecular complexity index is 248. The van der Waals surface area contributed by atoms with Crippen molar-refractivity contribution in [2.24, 2.45) is 17.8 Å². The van der Waals surface area contributed by atoms with Crippen LogP contribution in [0.3, 0.4) is 0 Å². The van der Waals surface area contributed by atoms with Crippen LogP contribution in [0.4, 0.5) is 0 Å². The molecular formula is C19H38O2. The molecule has 0 aliphatic carbocycles. The molecule has 0 fully saturated rings. The predicted octanol–water partition coefficient (Wildman–Crippen LogP) is 5.99. The van der Waals surface area contributed by atoms with Gasteiger partial charge in [0, 0.05) is 0 Å². The van der Waals surface area contributed by atoms with Crippen LogP contribution in [-0.4, -0.2) is 12.6 Å². The molecule has 0 N–H and O–H groups in total. The van der Waals surface area contributed by atoms with E-state index in [4.69, 9.17) is 4.74 Å². The molecule has 0 saturated heterocycles. The lowest BCUT2D eigenvalue weighted by Gasteiger charge is -2.23. The summed E-state index contributed by atoms with van der Waals surface area (Å²) in [5.41, 5.74) is 0. The van der Waals surface area contributed by atoms with Gasteiger partial charge >= 0.3 is 5.97 Å². The third kappa shape index (κ3) is 10.8. The van der Waals surface area contributed by atoms with Crippen molar-refractivity contribution in [1.82, 2.24) is 0 Å². The number of hydrogen-bond donors (Lipinski definition) is 0. The van der Waals surface area contributed by atoms with Gasteiger partial charge in [-0.25, -0.2) is 0 Å². The molecule has 0 aromatic carbocycles. The number of rotatable bonds is 13. The molecule has 2 unspecified atom stereocenters. The SMILES string of the molecule is CCCCCCOC(=O)C(CC(C)CCCCC)C(C)C. The second kappa shape index (κ2) is 13.2. The average Bonchev–Trinajstić information content (AvgIpc) is 2.44. The van der Waals surface area contributed by atoms with Crippen molar-refractivity contribution in [3.05, 3.63) is 0 Å². The zero-order valence-corrected chi connectivity index (χ0v) is 15.1. The molecule has 126 valence electrons. The lowest BCUT2D eigenvalue weighted by atomic mass is 9.85. The van der Waals surface area contributed by atoms with Crippen molar-refractivity contribution in [3.63, 3.8) is 0 Å². The Morgan fingerprint density at radius 3 is 2.10 bits per heavy atom. The van der Waals surface area contributed by atoms with E-state index in [-0.39, 0.29) is 11.9 Å². The predicted molar refractivity (Wildman–Crippen MR) is 91.4 cm³/mol. The zero-order valence-electron chi connectivity index (χ0n) is 15.1. The number of unbranched alkanes of at least 4 members (excludes halogenated alkanes) is 5. The lowest BCUT2D eigenvalue weighted by Crippen LogP contribution is -2.25. The Labute approximate surface area is 133 Å². The summed E-state index contributed by atoms with van der Waals surface area (Å²) in [6.07, 6.45) is 10.7. The maximum absolute atomic E-state index is 12.3. The first kappa shape index (κ1) is 20.5. The molecule has 2 nitrogen and oxygen atoms in total. The number of ether oxygens (including phenoxy) is 1. The Morgan fingerprint density at radius 1 is 0.905 bits per heavy atom. The van der Waals surface area contributed by atoms with Crippen LogP contribution in [0.15, 0.2) is 0 Å². The highest BCUT2D eigenvalue weighted by Crippen LogP contribution is 2.25. The minimum absolute atomic E-state index is 0.0313. The molecule has 0 rings (SSSR count). The van der Waals surface area contributed by atoms with Crippen molar-refractivity contribution < 1.29 is 9.53 Å². The van der Waals surface area contributed by atoms with Crippen molar-refractivity contribution in [2.45, 2.75) is 92.4 Å². The molecule has 0 spiro atoms. The third-order valence-electron chi connectivity index (χ3n) is 4.31. The van der Waals surface area contributed by atoms with Gasteiger partial charge in [-0.05, 0) is 24.7 Å². The van der Waals surface area contributed by atoms with Gasteiger partial charge in [0.1, 0.15) is 0 Å². The van der Waals surface area contributed by atoms with E-state index in [2.05, 4.69) is 34.6 Å². The molecule has 0 bridgehead atoms. The van der Waals surface area contributed by atoms with Crippen LogP contribution in [0.2, 0.25) is 0 Å². The summed E-state index contributed by atoms with van der Waals surface area (Å²) in [7, 11) is 0. The van der Waals surface area contributed by atoms with E-state index in [1.54, 1.807) is 0 Å². The zero-order chi connectivity index (χ0) is 16.1. The smallest absolute Gasteiger partial charge is 0.309 e. The van der Waals surface area contributed by atoms with Crippen LogP contribution in [-0.2, 0) is 9.53 Å². The van der Waals surface area contributed by atoms with Crippen molar-refractivity contribution in [3.8, 4) is 0 Å². The summed E-state index contributed by atoms with van der Waals surface area (Å²) in [4.78, 5) is 12.3. The van der Waals surface area contributed by atoms with E-state index in [1.165, 1.54) is 44.9 Å². The van der Waals surface area contributed by atoms with E-state index in [9.17, 15) is 4.79 Å². The van der Waals surface area contributed by atoms with E-state index >= 15 is 0 Å². The van der Waals surface area contributed by atoms with E-state index in [1.807, 2.05) is 0 Å². The molecular weight excluding hydrogens is 260 g/mol. The molecule has 0 amide bonds. The second-order valence-electron chi connectivity index (χ2n) is 6.92. The van der Waals surface area contributed by atoms with Gasteiger partial charge in [0.05, 0.1) is 12.5 Å². The summed E-state index contributed by atoms with van der Waals surface area (Å²) >= 11 is 0. The van der Waals surface area contributed by atoms with Gasteiger partial charge in [-0.15, -0.1) is 0 Å². The molecule has 0 saturated carbocycles. The first-order chi connectivity index (χ1) is 10.0. The summed E-state index contributed by atoms with van der Waals surface area (Å²) in [5, 5.41) is 0. The van der Waals surface area contributed by atoms with E-state index < -0.39 is 0 Å². The van der Waals surface area contributed by atoms with Gasteiger partial charge in [-0.2, -0.15) is 0 Å². The van der Waals surface area contributed by atoms with Crippen LogP contribution < -0.4 is 0 Å². The first-order valence-electron chi connectivity index (χ1n) is 9.19. The normalized spacial score (nSPS) is 14.2. The highest BCUT2D eigenvalue weighted by molar-refractivity contribution is 5.72. The molecule has 0 aliphatic rings. The average molecular weight is 299 g/mol. The summed E-state index contributed by atoms with van der Waals surface area (Å²) < 4.78 is 5.50. The molecule has 0 heterocycles. The monoisotopic (exact) mass is 298 g/mol. The van der Waals surface area contributed by atoms with Crippen molar-refractivity contribution >= 4 is 5.97 Å². The Morgan fingerprint density at radius 2 is 1.52 bits per heavy atom. The minimum atomic E-state index is 0.0313. The van der Waals surface area contributed by atoms with Crippen LogP contribution in [0.1, 0.15) is 92.4 Å². The van der Waals surface area contributed by atoms with Gasteiger partial charge in [0.15, 0.2) is 0 Å². The maximum Gasteiger partial charge on any atom is 0.309 e. The van der Waals surface area contributed by atoms with E-state index in [0.29, 0.717) is 18.4 Å². The molecule has 0 aromatic rings. The van der Waals surface area contributed by atoms with E-state index in [0.717, 1.165) is 12.8 Å². The molecule has 0 aliphatic heterocycles. The van der Waals surface area contributed by atoms with Gasteiger partial charge in [-0.3, -0.25) is 4.79 Å². The minimum Gasteiger partial charge on any atom is -0.465 e. The largest absolute Gasteiger partial charge is 0.465 e. The van der Waals surface area contributed by atoms with Crippen molar-refractivity contribution in [2.75, 3.05) is 6.61 Å². The standard InChI is InChI=1S/C19H38O2/c1-6-8-10-12-14-21-19(20)18(16(3)4)15-17(5)13-11-9-7-2/h16-18H,6-15H2,1-5H3. The van der Waals surface area contributed by atoms with Gasteiger partial charge in [-0.1, -0.05) is 79.6 Å². The Hall–Kier alpha value is -0.530. The number of esters is 1. The lowest BCUT2D eigenvalue weighted by molar-refractivity contribution is -0.151. The van der Waals surface area contributed by atoms with Gasteiger partial charge < -0.3 is 4.74 Å². The summed E-state index contributed by atoms with van der Waals surface area (Å²) in [5.74, 6) is 1.11.